The highest BCUT2D eigenvalue weighted by Gasteiger charge is 2.29. The standard InChI is InChI=1S/C30H44N12O4S/c1-17(2)9-27(44)35-22-3-6-24(7-4-22)47(45,46)40-25-8-5-23(12-26(25)43)36-28-37-29(41-13-18(31)10-19(32)14-41)39-30(38-28)42-15-20(33)11-21(34)16-42/h3-8,12,17-21,40,43H,9-11,13-16,31-34H2,1-2H3,(H,35,44)(H,36,37,38,39)/t18-,19+,20-,21+. The Labute approximate surface area is 274 Å². The van der Waals surface area contributed by atoms with Crippen molar-refractivity contribution in [3.8, 4) is 5.75 Å². The first-order valence-electron chi connectivity index (χ1n) is 15.5. The number of piperidine rings is 2. The number of aromatic nitrogens is 3. The molecule has 254 valence electrons. The Balaban J connectivity index is 1.34. The number of nitrogens with two attached hydrogens (primary N) is 4. The van der Waals surface area contributed by atoms with E-state index in [0.29, 0.717) is 68.7 Å². The summed E-state index contributed by atoms with van der Waals surface area (Å²) in [4.78, 5) is 29.8. The molecule has 2 aliphatic rings. The van der Waals surface area contributed by atoms with E-state index in [1.807, 2.05) is 23.6 Å². The van der Waals surface area contributed by atoms with Gasteiger partial charge in [-0.05, 0) is 55.2 Å². The molecule has 0 saturated carbocycles. The Morgan fingerprint density at radius 3 is 1.85 bits per heavy atom. The number of phenols is 1. The maximum absolute atomic E-state index is 13.1. The summed E-state index contributed by atoms with van der Waals surface area (Å²) in [5.41, 5.74) is 25.8. The van der Waals surface area contributed by atoms with Crippen LogP contribution >= 0.6 is 0 Å². The van der Waals surface area contributed by atoms with Gasteiger partial charge < -0.3 is 48.5 Å². The lowest BCUT2D eigenvalue weighted by Gasteiger charge is -2.37. The van der Waals surface area contributed by atoms with Gasteiger partial charge in [0.15, 0.2) is 0 Å². The van der Waals surface area contributed by atoms with E-state index in [-0.39, 0.29) is 58.3 Å². The molecule has 5 rings (SSSR count). The van der Waals surface area contributed by atoms with E-state index in [9.17, 15) is 18.3 Å². The lowest BCUT2D eigenvalue weighted by atomic mass is 10.0. The Bertz CT molecular complexity index is 1610. The fraction of sp³-hybridized carbons (Fsp3) is 0.467. The van der Waals surface area contributed by atoms with Crippen molar-refractivity contribution in [1.29, 1.82) is 0 Å². The Kier molecular flexibility index (Phi) is 10.3. The van der Waals surface area contributed by atoms with Crippen molar-refractivity contribution in [1.82, 2.24) is 15.0 Å². The van der Waals surface area contributed by atoms with Crippen LogP contribution in [0.25, 0.3) is 0 Å². The third-order valence-corrected chi connectivity index (χ3v) is 9.13. The molecule has 4 atom stereocenters. The number of anilines is 6. The van der Waals surface area contributed by atoms with Gasteiger partial charge in [0, 0.05) is 74.2 Å². The van der Waals surface area contributed by atoms with Crippen LogP contribution in [0.5, 0.6) is 5.75 Å². The quantitative estimate of drug-likeness (QED) is 0.139. The number of nitrogens with zero attached hydrogens (tertiary/aromatic N) is 5. The van der Waals surface area contributed by atoms with E-state index in [4.69, 9.17) is 27.9 Å². The molecule has 0 aliphatic carbocycles. The van der Waals surface area contributed by atoms with E-state index >= 15 is 0 Å². The van der Waals surface area contributed by atoms with Gasteiger partial charge in [-0.3, -0.25) is 9.52 Å². The van der Waals surface area contributed by atoms with Gasteiger partial charge in [-0.15, -0.1) is 0 Å². The number of benzene rings is 2. The largest absolute Gasteiger partial charge is 0.506 e. The summed E-state index contributed by atoms with van der Waals surface area (Å²) in [7, 11) is -4.05. The highest BCUT2D eigenvalue weighted by molar-refractivity contribution is 7.92. The van der Waals surface area contributed by atoms with Crippen LogP contribution in [0.2, 0.25) is 0 Å². The van der Waals surface area contributed by atoms with Crippen LogP contribution in [0.3, 0.4) is 0 Å². The molecule has 1 aromatic heterocycles. The second-order valence-electron chi connectivity index (χ2n) is 12.7. The minimum atomic E-state index is -4.05. The van der Waals surface area contributed by atoms with Crippen molar-refractivity contribution in [2.75, 3.05) is 51.3 Å². The van der Waals surface area contributed by atoms with E-state index in [1.54, 1.807) is 6.07 Å². The molecule has 3 heterocycles. The molecule has 3 aromatic rings. The van der Waals surface area contributed by atoms with Crippen molar-refractivity contribution in [3.05, 3.63) is 42.5 Å². The number of amides is 1. The fourth-order valence-electron chi connectivity index (χ4n) is 5.71. The SMILES string of the molecule is CC(C)CC(=O)Nc1ccc(S(=O)(=O)Nc2ccc(Nc3nc(N4C[C@H](N)C[C@H](N)C4)nc(N4C[C@H](N)C[C@H](N)C4)n3)cc2O)cc1. The second-order valence-corrected chi connectivity index (χ2v) is 14.4. The van der Waals surface area contributed by atoms with Crippen molar-refractivity contribution in [2.45, 2.75) is 62.2 Å². The summed E-state index contributed by atoms with van der Waals surface area (Å²) >= 11 is 0. The number of phenolic OH excluding ortho intramolecular Hbond substituents is 1. The molecule has 1 amide bonds. The molecule has 47 heavy (non-hydrogen) atoms. The Hall–Kier alpha value is -4.29. The topological polar surface area (TPSA) is 257 Å². The van der Waals surface area contributed by atoms with Crippen LogP contribution in [0.15, 0.2) is 47.4 Å². The summed E-state index contributed by atoms with van der Waals surface area (Å²) in [6.07, 6.45) is 1.73. The number of aromatic hydroxyl groups is 1. The molecular formula is C30H44N12O4S. The number of sulfonamides is 1. The average Bonchev–Trinajstić information content (AvgIpc) is 2.97. The molecule has 0 spiro atoms. The number of rotatable bonds is 10. The van der Waals surface area contributed by atoms with Crippen molar-refractivity contribution in [2.24, 2.45) is 28.9 Å². The predicted molar refractivity (Wildman–Crippen MR) is 182 cm³/mol. The van der Waals surface area contributed by atoms with E-state index in [1.165, 1.54) is 36.4 Å². The molecular weight excluding hydrogens is 624 g/mol. The van der Waals surface area contributed by atoms with Gasteiger partial charge in [-0.2, -0.15) is 15.0 Å². The van der Waals surface area contributed by atoms with Gasteiger partial charge in [0.2, 0.25) is 23.8 Å². The Morgan fingerprint density at radius 1 is 0.851 bits per heavy atom. The molecule has 2 aliphatic heterocycles. The molecule has 0 radical (unpaired) electrons. The highest BCUT2D eigenvalue weighted by Crippen LogP contribution is 2.31. The zero-order valence-corrected chi connectivity index (χ0v) is 27.3. The van der Waals surface area contributed by atoms with Gasteiger partial charge in [-0.25, -0.2) is 8.42 Å². The van der Waals surface area contributed by atoms with Gasteiger partial charge in [0.1, 0.15) is 5.75 Å². The van der Waals surface area contributed by atoms with Crippen LogP contribution in [0.4, 0.5) is 34.9 Å². The minimum absolute atomic E-state index is 0.0329. The van der Waals surface area contributed by atoms with Crippen LogP contribution in [0.1, 0.15) is 33.1 Å². The molecule has 2 fully saturated rings. The van der Waals surface area contributed by atoms with Crippen LogP contribution in [-0.2, 0) is 14.8 Å². The zero-order valence-electron chi connectivity index (χ0n) is 26.5. The lowest BCUT2D eigenvalue weighted by Crippen LogP contribution is -2.54. The summed E-state index contributed by atoms with van der Waals surface area (Å²) in [5, 5.41) is 16.6. The third-order valence-electron chi connectivity index (χ3n) is 7.75. The average molecular weight is 669 g/mol. The predicted octanol–water partition coefficient (Wildman–Crippen LogP) is 0.836. The third kappa shape index (κ3) is 8.95. The van der Waals surface area contributed by atoms with Crippen molar-refractivity contribution < 1.29 is 18.3 Å². The van der Waals surface area contributed by atoms with Gasteiger partial charge in [-0.1, -0.05) is 13.8 Å². The first-order valence-corrected chi connectivity index (χ1v) is 17.0. The number of hydrogen-bond acceptors (Lipinski definition) is 14. The summed E-state index contributed by atoms with van der Waals surface area (Å²) in [6, 6.07) is 9.54. The maximum atomic E-state index is 13.1. The zero-order chi connectivity index (χ0) is 33.9. The molecule has 17 heteroatoms. The fourth-order valence-corrected chi connectivity index (χ4v) is 6.78. The lowest BCUT2D eigenvalue weighted by molar-refractivity contribution is -0.116. The van der Waals surface area contributed by atoms with E-state index in [0.717, 1.165) is 0 Å². The molecule has 0 bridgehead atoms. The van der Waals surface area contributed by atoms with Crippen LogP contribution in [0, 0.1) is 5.92 Å². The first-order chi connectivity index (χ1) is 22.2. The normalized spacial score (nSPS) is 21.9. The van der Waals surface area contributed by atoms with Crippen molar-refractivity contribution in [3.63, 3.8) is 0 Å². The van der Waals surface area contributed by atoms with Gasteiger partial charge in [0.25, 0.3) is 10.0 Å². The molecule has 16 nitrogen and oxygen atoms in total. The number of carbonyl (C=O) groups excluding carboxylic acids is 1. The molecule has 2 aromatic carbocycles. The van der Waals surface area contributed by atoms with Crippen molar-refractivity contribution >= 4 is 50.8 Å². The van der Waals surface area contributed by atoms with E-state index < -0.39 is 10.0 Å². The van der Waals surface area contributed by atoms with Gasteiger partial charge in [0.05, 0.1) is 10.6 Å². The molecule has 0 unspecified atom stereocenters. The summed E-state index contributed by atoms with van der Waals surface area (Å²) < 4.78 is 28.6. The van der Waals surface area contributed by atoms with Gasteiger partial charge >= 0.3 is 0 Å². The van der Waals surface area contributed by atoms with Crippen LogP contribution < -0.4 is 48.1 Å². The molecule has 12 N–H and O–H groups in total. The second kappa shape index (κ2) is 14.2. The first kappa shape index (κ1) is 34.1. The number of nitrogens with one attached hydrogen (secondary N) is 3. The monoisotopic (exact) mass is 668 g/mol. The van der Waals surface area contributed by atoms with Crippen LogP contribution in [-0.4, -0.2) is 84.7 Å². The number of hydrogen-bond donors (Lipinski definition) is 8. The highest BCUT2D eigenvalue weighted by atomic mass is 32.2. The summed E-state index contributed by atoms with van der Waals surface area (Å²) in [6.45, 7) is 5.93. The smallest absolute Gasteiger partial charge is 0.262 e. The number of carbonyl (C=O) groups is 1. The molecule has 2 saturated heterocycles. The van der Waals surface area contributed by atoms with E-state index in [2.05, 4.69) is 25.3 Å². The minimum Gasteiger partial charge on any atom is -0.506 e. The maximum Gasteiger partial charge on any atom is 0.262 e. The summed E-state index contributed by atoms with van der Waals surface area (Å²) in [5.74, 6) is 0.671. The Morgan fingerprint density at radius 2 is 1.36 bits per heavy atom.